The van der Waals surface area contributed by atoms with E-state index in [1.54, 1.807) is 12.1 Å². The van der Waals surface area contributed by atoms with E-state index in [1.165, 1.54) is 12.8 Å². The maximum Gasteiger partial charge on any atom is 0.254 e. The molecular formula is C17H21ClN2O3. The van der Waals surface area contributed by atoms with Crippen LogP contribution in [0.15, 0.2) is 12.1 Å². The number of nitrogens with zero attached hydrogens (tertiary/aromatic N) is 1. The molecule has 23 heavy (non-hydrogen) atoms. The number of hydrogen-bond donors (Lipinski definition) is 1. The molecule has 2 aliphatic heterocycles. The summed E-state index contributed by atoms with van der Waals surface area (Å²) in [7, 11) is 0. The normalized spacial score (nSPS) is 20.8. The first kappa shape index (κ1) is 15.1. The quantitative estimate of drug-likeness (QED) is 0.918. The standard InChI is InChI=1S/C17H21ClN2O3/c18-14-7-12(8-15-16(14)23-10-22-15)17(21)20-5-3-13(4-6-20)19-9-11-1-2-11/h7-8,11,13,19H,1-6,9-10H2. The molecule has 5 nitrogen and oxygen atoms in total. The second kappa shape index (κ2) is 6.21. The third-order valence-electron chi connectivity index (χ3n) is 4.85. The van der Waals surface area contributed by atoms with Gasteiger partial charge in [-0.2, -0.15) is 0 Å². The van der Waals surface area contributed by atoms with Crippen molar-refractivity contribution in [3.05, 3.63) is 22.7 Å². The van der Waals surface area contributed by atoms with Gasteiger partial charge in [0.2, 0.25) is 6.79 Å². The number of ether oxygens (including phenoxy) is 2. The number of amides is 1. The van der Waals surface area contributed by atoms with Crippen molar-refractivity contribution in [1.82, 2.24) is 10.2 Å². The van der Waals surface area contributed by atoms with E-state index < -0.39 is 0 Å². The lowest BCUT2D eigenvalue weighted by atomic mass is 10.0. The van der Waals surface area contributed by atoms with Crippen LogP contribution in [0, 0.1) is 5.92 Å². The number of piperidine rings is 1. The van der Waals surface area contributed by atoms with E-state index in [1.807, 2.05) is 4.90 Å². The molecule has 1 aliphatic carbocycles. The summed E-state index contributed by atoms with van der Waals surface area (Å²) in [6.07, 6.45) is 4.76. The summed E-state index contributed by atoms with van der Waals surface area (Å²) in [6, 6.07) is 3.95. The zero-order valence-electron chi connectivity index (χ0n) is 13.0. The zero-order valence-corrected chi connectivity index (χ0v) is 13.8. The summed E-state index contributed by atoms with van der Waals surface area (Å²) < 4.78 is 10.6. The topological polar surface area (TPSA) is 50.8 Å². The van der Waals surface area contributed by atoms with Crippen molar-refractivity contribution >= 4 is 17.5 Å². The Bertz CT molecular complexity index is 610. The Morgan fingerprint density at radius 2 is 2.00 bits per heavy atom. The Labute approximate surface area is 140 Å². The minimum Gasteiger partial charge on any atom is -0.454 e. The molecule has 1 aromatic rings. The Balaban J connectivity index is 1.37. The van der Waals surface area contributed by atoms with Crippen LogP contribution in [-0.4, -0.2) is 43.3 Å². The molecule has 6 heteroatoms. The highest BCUT2D eigenvalue weighted by molar-refractivity contribution is 6.32. The smallest absolute Gasteiger partial charge is 0.254 e. The number of hydrogen-bond acceptors (Lipinski definition) is 4. The van der Waals surface area contributed by atoms with Crippen LogP contribution >= 0.6 is 11.6 Å². The third kappa shape index (κ3) is 3.26. The molecule has 0 unspecified atom stereocenters. The molecule has 3 aliphatic rings. The molecule has 1 saturated heterocycles. The van der Waals surface area contributed by atoms with Gasteiger partial charge in [0, 0.05) is 24.7 Å². The average Bonchev–Trinajstić information content (AvgIpc) is 3.28. The average molecular weight is 337 g/mol. The maximum atomic E-state index is 12.7. The van der Waals surface area contributed by atoms with Crippen molar-refractivity contribution in [2.45, 2.75) is 31.7 Å². The highest BCUT2D eigenvalue weighted by Gasteiger charge is 2.28. The lowest BCUT2D eigenvalue weighted by molar-refractivity contribution is 0.0704. The van der Waals surface area contributed by atoms with E-state index in [2.05, 4.69) is 5.32 Å². The van der Waals surface area contributed by atoms with Gasteiger partial charge in [-0.05, 0) is 50.3 Å². The summed E-state index contributed by atoms with van der Waals surface area (Å²) >= 11 is 6.17. The van der Waals surface area contributed by atoms with Gasteiger partial charge in [0.1, 0.15) is 0 Å². The molecule has 2 fully saturated rings. The first-order valence-electron chi connectivity index (χ1n) is 8.32. The summed E-state index contributed by atoms with van der Waals surface area (Å²) in [5.74, 6) is 2.00. The fourth-order valence-corrected chi connectivity index (χ4v) is 3.48. The van der Waals surface area contributed by atoms with Gasteiger partial charge in [0.15, 0.2) is 11.5 Å². The number of carbonyl (C=O) groups is 1. The summed E-state index contributed by atoms with van der Waals surface area (Å²) in [6.45, 7) is 2.86. The fraction of sp³-hybridized carbons (Fsp3) is 0.588. The molecule has 124 valence electrons. The van der Waals surface area contributed by atoms with Gasteiger partial charge in [-0.15, -0.1) is 0 Å². The number of likely N-dealkylation sites (tertiary alicyclic amines) is 1. The molecule has 0 atom stereocenters. The van der Waals surface area contributed by atoms with Crippen LogP contribution in [0.1, 0.15) is 36.0 Å². The van der Waals surface area contributed by atoms with Gasteiger partial charge >= 0.3 is 0 Å². The van der Waals surface area contributed by atoms with Crippen LogP contribution in [0.3, 0.4) is 0 Å². The lowest BCUT2D eigenvalue weighted by Gasteiger charge is -2.32. The molecule has 1 saturated carbocycles. The van der Waals surface area contributed by atoms with Gasteiger partial charge in [0.25, 0.3) is 5.91 Å². The molecule has 0 spiro atoms. The van der Waals surface area contributed by atoms with E-state index in [9.17, 15) is 4.79 Å². The monoisotopic (exact) mass is 336 g/mol. The number of fused-ring (bicyclic) bond motifs is 1. The maximum absolute atomic E-state index is 12.7. The number of halogens is 1. The Kier molecular flexibility index (Phi) is 4.07. The summed E-state index contributed by atoms with van der Waals surface area (Å²) in [4.78, 5) is 14.6. The predicted molar refractivity (Wildman–Crippen MR) is 87.2 cm³/mol. The van der Waals surface area contributed by atoms with Crippen molar-refractivity contribution < 1.29 is 14.3 Å². The number of benzene rings is 1. The fourth-order valence-electron chi connectivity index (χ4n) is 3.22. The zero-order chi connectivity index (χ0) is 15.8. The van der Waals surface area contributed by atoms with Crippen molar-refractivity contribution in [3.8, 4) is 11.5 Å². The molecule has 4 rings (SSSR count). The van der Waals surface area contributed by atoms with Gasteiger partial charge in [-0.25, -0.2) is 0 Å². The van der Waals surface area contributed by atoms with Gasteiger partial charge in [-0.1, -0.05) is 11.6 Å². The van der Waals surface area contributed by atoms with Crippen molar-refractivity contribution in [3.63, 3.8) is 0 Å². The summed E-state index contributed by atoms with van der Waals surface area (Å²) in [5, 5.41) is 4.06. The van der Waals surface area contributed by atoms with Crippen LogP contribution in [0.25, 0.3) is 0 Å². The number of carbonyl (C=O) groups excluding carboxylic acids is 1. The second-order valence-electron chi connectivity index (χ2n) is 6.61. The van der Waals surface area contributed by atoms with Crippen molar-refractivity contribution in [2.75, 3.05) is 26.4 Å². The Morgan fingerprint density at radius 1 is 1.22 bits per heavy atom. The molecule has 0 aromatic heterocycles. The van der Waals surface area contributed by atoms with E-state index in [-0.39, 0.29) is 12.7 Å². The van der Waals surface area contributed by atoms with E-state index in [4.69, 9.17) is 21.1 Å². The largest absolute Gasteiger partial charge is 0.454 e. The summed E-state index contributed by atoms with van der Waals surface area (Å²) in [5.41, 5.74) is 0.573. The van der Waals surface area contributed by atoms with E-state index in [0.717, 1.165) is 38.4 Å². The van der Waals surface area contributed by atoms with Crippen LogP contribution in [0.4, 0.5) is 0 Å². The lowest BCUT2D eigenvalue weighted by Crippen LogP contribution is -2.45. The molecule has 1 N–H and O–H groups in total. The highest BCUT2D eigenvalue weighted by Crippen LogP contribution is 2.40. The minimum atomic E-state index is 0.0193. The number of rotatable bonds is 4. The number of nitrogens with one attached hydrogen (secondary N) is 1. The van der Waals surface area contributed by atoms with E-state index in [0.29, 0.717) is 28.1 Å². The van der Waals surface area contributed by atoms with Crippen LogP contribution in [-0.2, 0) is 0 Å². The van der Waals surface area contributed by atoms with Gasteiger partial charge < -0.3 is 19.7 Å². The van der Waals surface area contributed by atoms with E-state index >= 15 is 0 Å². The van der Waals surface area contributed by atoms with Gasteiger partial charge in [0.05, 0.1) is 5.02 Å². The van der Waals surface area contributed by atoms with Crippen LogP contribution < -0.4 is 14.8 Å². The van der Waals surface area contributed by atoms with Crippen LogP contribution in [0.5, 0.6) is 11.5 Å². The minimum absolute atomic E-state index is 0.0193. The van der Waals surface area contributed by atoms with Crippen LogP contribution in [0.2, 0.25) is 5.02 Å². The van der Waals surface area contributed by atoms with Gasteiger partial charge in [-0.3, -0.25) is 4.79 Å². The first-order chi connectivity index (χ1) is 11.2. The Morgan fingerprint density at radius 3 is 2.74 bits per heavy atom. The first-order valence-corrected chi connectivity index (χ1v) is 8.70. The molecule has 0 bridgehead atoms. The predicted octanol–water partition coefficient (Wildman–Crippen LogP) is 2.67. The molecular weight excluding hydrogens is 316 g/mol. The molecule has 2 heterocycles. The van der Waals surface area contributed by atoms with Crippen molar-refractivity contribution in [2.24, 2.45) is 5.92 Å². The molecule has 1 amide bonds. The highest BCUT2D eigenvalue weighted by atomic mass is 35.5. The van der Waals surface area contributed by atoms with Crippen molar-refractivity contribution in [1.29, 1.82) is 0 Å². The molecule has 1 aromatic carbocycles. The SMILES string of the molecule is O=C(c1cc(Cl)c2c(c1)OCO2)N1CCC(NCC2CC2)CC1. The third-order valence-corrected chi connectivity index (χ3v) is 5.13. The second-order valence-corrected chi connectivity index (χ2v) is 7.02. The molecule has 0 radical (unpaired) electrons. The Hall–Kier alpha value is -1.46.